The number of carbonyl (C=O) groups is 1. The predicted molar refractivity (Wildman–Crippen MR) is 72.6 cm³/mol. The van der Waals surface area contributed by atoms with Crippen molar-refractivity contribution in [3.05, 3.63) is 0 Å². The Labute approximate surface area is 115 Å². The van der Waals surface area contributed by atoms with Crippen molar-refractivity contribution in [2.75, 3.05) is 38.3 Å². The third-order valence-corrected chi connectivity index (χ3v) is 5.23. The van der Waals surface area contributed by atoms with Crippen LogP contribution in [0.25, 0.3) is 0 Å². The molecule has 2 aliphatic rings. The second-order valence-corrected chi connectivity index (χ2v) is 8.94. The normalized spacial score (nSPS) is 25.7. The molecule has 2 fully saturated rings. The van der Waals surface area contributed by atoms with Crippen molar-refractivity contribution in [2.45, 2.75) is 26.7 Å². The Bertz CT molecular complexity index is 455. The summed E-state index contributed by atoms with van der Waals surface area (Å²) in [6.07, 6.45) is 3.11. The smallest absolute Gasteiger partial charge is 0.234 e. The molecule has 5 nitrogen and oxygen atoms in total. The van der Waals surface area contributed by atoms with Crippen LogP contribution >= 0.6 is 0 Å². The largest absolute Gasteiger partial charge is 0.379 e. The molecule has 0 radical (unpaired) electrons. The van der Waals surface area contributed by atoms with Gasteiger partial charge in [0.15, 0.2) is 0 Å². The highest BCUT2D eigenvalue weighted by molar-refractivity contribution is 7.90. The highest BCUT2D eigenvalue weighted by atomic mass is 32.2. The van der Waals surface area contributed by atoms with Crippen LogP contribution in [0.5, 0.6) is 0 Å². The number of piperidine rings is 1. The maximum absolute atomic E-state index is 12.6. The van der Waals surface area contributed by atoms with Gasteiger partial charge < -0.3 is 9.64 Å². The number of hydrogen-bond donors (Lipinski definition) is 0. The van der Waals surface area contributed by atoms with Gasteiger partial charge in [-0.1, -0.05) is 13.8 Å². The van der Waals surface area contributed by atoms with Crippen LogP contribution in [0.1, 0.15) is 26.7 Å². The molecule has 2 rings (SSSR count). The molecule has 0 aromatic heterocycles. The minimum atomic E-state index is -3.18. The van der Waals surface area contributed by atoms with Gasteiger partial charge >= 0.3 is 0 Å². The fourth-order valence-electron chi connectivity index (χ4n) is 2.77. The van der Waals surface area contributed by atoms with E-state index in [0.29, 0.717) is 0 Å². The summed E-state index contributed by atoms with van der Waals surface area (Å²) in [5, 5.41) is 0. The first-order chi connectivity index (χ1) is 8.64. The van der Waals surface area contributed by atoms with Gasteiger partial charge in [0, 0.05) is 19.3 Å². The Morgan fingerprint density at radius 3 is 2.11 bits per heavy atom. The summed E-state index contributed by atoms with van der Waals surface area (Å²) in [5.41, 5.74) is -0.550. The highest BCUT2D eigenvalue weighted by Gasteiger charge is 2.50. The van der Waals surface area contributed by atoms with Crippen LogP contribution in [0.4, 0.5) is 0 Å². The standard InChI is InChI=1S/C13H23NO4S/c1-12(2)4-6-14(7-5-12)11(15)13(8-18-9-13)10-19(3,16)17/h4-10H2,1-3H3. The third-order valence-electron chi connectivity index (χ3n) is 4.15. The van der Waals surface area contributed by atoms with E-state index in [1.807, 2.05) is 4.90 Å². The Morgan fingerprint density at radius 2 is 1.74 bits per heavy atom. The number of hydrogen-bond acceptors (Lipinski definition) is 4. The first-order valence-electron chi connectivity index (χ1n) is 6.69. The molecule has 0 atom stereocenters. The summed E-state index contributed by atoms with van der Waals surface area (Å²) < 4.78 is 28.1. The average molecular weight is 289 g/mol. The monoisotopic (exact) mass is 289 g/mol. The Morgan fingerprint density at radius 1 is 1.21 bits per heavy atom. The van der Waals surface area contributed by atoms with Gasteiger partial charge in [0.25, 0.3) is 0 Å². The first-order valence-corrected chi connectivity index (χ1v) is 8.75. The molecule has 0 saturated carbocycles. The van der Waals surface area contributed by atoms with Crippen LogP contribution < -0.4 is 0 Å². The predicted octanol–water partition coefficient (Wildman–Crippen LogP) is 0.696. The van der Waals surface area contributed by atoms with Crippen LogP contribution in [-0.2, 0) is 19.4 Å². The van der Waals surface area contributed by atoms with Crippen molar-refractivity contribution in [3.63, 3.8) is 0 Å². The van der Waals surface area contributed by atoms with E-state index < -0.39 is 15.3 Å². The zero-order valence-corrected chi connectivity index (χ0v) is 12.8. The number of sulfone groups is 1. The molecule has 0 N–H and O–H groups in total. The number of carbonyl (C=O) groups excluding carboxylic acids is 1. The minimum absolute atomic E-state index is 0.0420. The van der Waals surface area contributed by atoms with Gasteiger partial charge in [-0.05, 0) is 18.3 Å². The van der Waals surface area contributed by atoms with Gasteiger partial charge in [0.1, 0.15) is 15.3 Å². The molecule has 0 aromatic carbocycles. The molecule has 0 spiro atoms. The summed E-state index contributed by atoms with van der Waals surface area (Å²) in [6, 6.07) is 0. The molecule has 6 heteroatoms. The van der Waals surface area contributed by atoms with Crippen LogP contribution in [0.2, 0.25) is 0 Å². The molecule has 0 aromatic rings. The Hall–Kier alpha value is -0.620. The maximum Gasteiger partial charge on any atom is 0.234 e. The molecule has 1 amide bonds. The highest BCUT2D eigenvalue weighted by Crippen LogP contribution is 2.35. The number of amides is 1. The Kier molecular flexibility index (Phi) is 3.68. The molecule has 0 unspecified atom stereocenters. The molecular formula is C13H23NO4S. The minimum Gasteiger partial charge on any atom is -0.379 e. The van der Waals surface area contributed by atoms with Crippen LogP contribution in [0.15, 0.2) is 0 Å². The zero-order chi connectivity index (χ0) is 14.3. The number of likely N-dealkylation sites (tertiary alicyclic amines) is 1. The molecular weight excluding hydrogens is 266 g/mol. The van der Waals surface area contributed by atoms with Crippen LogP contribution in [-0.4, -0.2) is 57.5 Å². The van der Waals surface area contributed by atoms with E-state index in [2.05, 4.69) is 13.8 Å². The summed E-state index contributed by atoms with van der Waals surface area (Å²) in [5.74, 6) is -0.140. The van der Waals surface area contributed by atoms with Gasteiger partial charge in [-0.25, -0.2) is 8.42 Å². The lowest BCUT2D eigenvalue weighted by atomic mass is 9.80. The van der Waals surface area contributed by atoms with E-state index in [9.17, 15) is 13.2 Å². The van der Waals surface area contributed by atoms with E-state index >= 15 is 0 Å². The van der Waals surface area contributed by atoms with E-state index in [-0.39, 0.29) is 30.3 Å². The first kappa shape index (κ1) is 14.8. The van der Waals surface area contributed by atoms with Crippen molar-refractivity contribution in [1.82, 2.24) is 4.90 Å². The van der Waals surface area contributed by atoms with Crippen molar-refractivity contribution < 1.29 is 17.9 Å². The number of ether oxygens (including phenoxy) is 1. The summed E-state index contributed by atoms with van der Waals surface area (Å²) in [4.78, 5) is 14.4. The summed E-state index contributed by atoms with van der Waals surface area (Å²) >= 11 is 0. The van der Waals surface area contributed by atoms with Crippen molar-refractivity contribution >= 4 is 15.7 Å². The molecule has 0 bridgehead atoms. The van der Waals surface area contributed by atoms with Gasteiger partial charge in [0.2, 0.25) is 5.91 Å². The second kappa shape index (κ2) is 4.74. The lowest BCUT2D eigenvalue weighted by Gasteiger charge is -2.45. The molecule has 2 aliphatic heterocycles. The Balaban J connectivity index is 2.06. The van der Waals surface area contributed by atoms with Gasteiger partial charge in [0.05, 0.1) is 19.0 Å². The fraction of sp³-hybridized carbons (Fsp3) is 0.923. The van der Waals surface area contributed by atoms with Gasteiger partial charge in [-0.2, -0.15) is 0 Å². The molecule has 19 heavy (non-hydrogen) atoms. The maximum atomic E-state index is 12.6. The van der Waals surface area contributed by atoms with Crippen LogP contribution in [0.3, 0.4) is 0 Å². The zero-order valence-electron chi connectivity index (χ0n) is 11.9. The average Bonchev–Trinajstić information content (AvgIpc) is 2.21. The quantitative estimate of drug-likeness (QED) is 0.767. The summed E-state index contributed by atoms with van der Waals surface area (Å²) in [7, 11) is -3.18. The van der Waals surface area contributed by atoms with Crippen LogP contribution in [0, 0.1) is 10.8 Å². The van der Waals surface area contributed by atoms with E-state index in [4.69, 9.17) is 4.74 Å². The second-order valence-electron chi connectivity index (χ2n) is 6.80. The molecule has 110 valence electrons. The molecule has 0 aliphatic carbocycles. The van der Waals surface area contributed by atoms with Gasteiger partial charge in [-0.3, -0.25) is 4.79 Å². The number of rotatable bonds is 3. The topological polar surface area (TPSA) is 63.7 Å². The third kappa shape index (κ3) is 3.28. The van der Waals surface area contributed by atoms with Crippen molar-refractivity contribution in [2.24, 2.45) is 10.8 Å². The summed E-state index contributed by atoms with van der Waals surface area (Å²) in [6.45, 7) is 6.31. The van der Waals surface area contributed by atoms with Crippen molar-refractivity contribution in [3.8, 4) is 0 Å². The van der Waals surface area contributed by atoms with E-state index in [1.165, 1.54) is 6.26 Å². The fourth-order valence-corrected chi connectivity index (χ4v) is 4.06. The van der Waals surface area contributed by atoms with Gasteiger partial charge in [-0.15, -0.1) is 0 Å². The SMILES string of the molecule is CC1(C)CCN(C(=O)C2(CS(C)(=O)=O)COC2)CC1. The van der Waals surface area contributed by atoms with E-state index in [0.717, 1.165) is 25.9 Å². The van der Waals surface area contributed by atoms with Crippen molar-refractivity contribution in [1.29, 1.82) is 0 Å². The molecule has 2 heterocycles. The lowest BCUT2D eigenvalue weighted by molar-refractivity contribution is -0.169. The molecule has 2 saturated heterocycles. The van der Waals surface area contributed by atoms with E-state index in [1.54, 1.807) is 0 Å². The lowest BCUT2D eigenvalue weighted by Crippen LogP contribution is -2.59. The number of nitrogens with zero attached hydrogens (tertiary/aromatic N) is 1.